The summed E-state index contributed by atoms with van der Waals surface area (Å²) < 4.78 is 29.7. The summed E-state index contributed by atoms with van der Waals surface area (Å²) in [5.41, 5.74) is 0.711. The second-order valence-electron chi connectivity index (χ2n) is 5.45. The van der Waals surface area contributed by atoms with E-state index in [0.717, 1.165) is 5.75 Å². The number of rotatable bonds is 6. The summed E-state index contributed by atoms with van der Waals surface area (Å²) in [5.74, 6) is 0.656. The van der Waals surface area contributed by atoms with Crippen LogP contribution in [0.2, 0.25) is 0 Å². The Bertz CT molecular complexity index is 886. The van der Waals surface area contributed by atoms with Crippen molar-refractivity contribution < 1.29 is 23.1 Å². The van der Waals surface area contributed by atoms with Crippen LogP contribution in [0.1, 0.15) is 16.1 Å². The van der Waals surface area contributed by atoms with Gasteiger partial charge in [0.1, 0.15) is 18.1 Å². The second kappa shape index (κ2) is 7.25. The average molecular weight is 343 g/mol. The first-order chi connectivity index (χ1) is 12.1. The van der Waals surface area contributed by atoms with Crippen LogP contribution in [0.4, 0.5) is 4.39 Å². The molecule has 0 aliphatic carbocycles. The molecule has 2 aromatic carbocycles. The summed E-state index contributed by atoms with van der Waals surface area (Å²) in [7, 11) is 1.59. The lowest BCUT2D eigenvalue weighted by molar-refractivity contribution is 0.0920. The van der Waals surface area contributed by atoms with Crippen LogP contribution in [-0.2, 0) is 0 Å². The van der Waals surface area contributed by atoms with E-state index in [1.165, 1.54) is 6.07 Å². The fourth-order valence-electron chi connectivity index (χ4n) is 2.51. The standard InChI is InChI=1S/C19H18FNO4/c1-12-15-4-3-5-16(20)18(15)25-17(12)19(22)21-10-11-24-14-8-6-13(23-2)7-9-14/h3-9H,10-11H2,1-2H3,(H,21,22). The van der Waals surface area contributed by atoms with Gasteiger partial charge in [-0.2, -0.15) is 0 Å². The van der Waals surface area contributed by atoms with Crippen molar-refractivity contribution in [3.63, 3.8) is 0 Å². The van der Waals surface area contributed by atoms with Gasteiger partial charge in [0.25, 0.3) is 5.91 Å². The van der Waals surface area contributed by atoms with Crippen LogP contribution in [0.25, 0.3) is 11.0 Å². The summed E-state index contributed by atoms with van der Waals surface area (Å²) in [4.78, 5) is 12.2. The first-order valence-corrected chi connectivity index (χ1v) is 7.83. The van der Waals surface area contributed by atoms with Gasteiger partial charge in [-0.3, -0.25) is 4.79 Å². The molecule has 0 unspecified atom stereocenters. The molecule has 3 rings (SSSR count). The third-order valence-electron chi connectivity index (χ3n) is 3.84. The molecule has 0 fully saturated rings. The fraction of sp³-hybridized carbons (Fsp3) is 0.211. The molecule has 0 bridgehead atoms. The minimum Gasteiger partial charge on any atom is -0.497 e. The Morgan fingerprint density at radius 1 is 1.16 bits per heavy atom. The number of hydrogen-bond donors (Lipinski definition) is 1. The molecule has 0 aliphatic heterocycles. The Labute approximate surface area is 144 Å². The van der Waals surface area contributed by atoms with Crippen LogP contribution in [0.15, 0.2) is 46.9 Å². The van der Waals surface area contributed by atoms with E-state index in [0.29, 0.717) is 29.9 Å². The number of hydrogen-bond acceptors (Lipinski definition) is 4. The van der Waals surface area contributed by atoms with Gasteiger partial charge in [-0.15, -0.1) is 0 Å². The minimum absolute atomic E-state index is 0.0969. The monoisotopic (exact) mass is 343 g/mol. The van der Waals surface area contributed by atoms with Crippen molar-refractivity contribution in [1.82, 2.24) is 5.32 Å². The Balaban J connectivity index is 1.57. The second-order valence-corrected chi connectivity index (χ2v) is 5.45. The number of fused-ring (bicyclic) bond motifs is 1. The maximum absolute atomic E-state index is 13.7. The lowest BCUT2D eigenvalue weighted by Gasteiger charge is -2.08. The van der Waals surface area contributed by atoms with Gasteiger partial charge in [-0.05, 0) is 37.3 Å². The molecule has 0 aliphatic rings. The van der Waals surface area contributed by atoms with Gasteiger partial charge < -0.3 is 19.2 Å². The summed E-state index contributed by atoms with van der Waals surface area (Å²) in [6.45, 7) is 2.32. The average Bonchev–Trinajstić information content (AvgIpc) is 2.97. The van der Waals surface area contributed by atoms with E-state index in [4.69, 9.17) is 13.9 Å². The molecule has 1 amide bonds. The molecule has 1 aromatic heterocycles. The van der Waals surface area contributed by atoms with Crippen LogP contribution in [-0.4, -0.2) is 26.2 Å². The van der Waals surface area contributed by atoms with Crippen molar-refractivity contribution in [3.05, 3.63) is 59.6 Å². The maximum atomic E-state index is 13.7. The van der Waals surface area contributed by atoms with E-state index < -0.39 is 11.7 Å². The van der Waals surface area contributed by atoms with Crippen molar-refractivity contribution in [2.24, 2.45) is 0 Å². The van der Waals surface area contributed by atoms with Crippen LogP contribution < -0.4 is 14.8 Å². The molecule has 5 nitrogen and oxygen atoms in total. The third-order valence-corrected chi connectivity index (χ3v) is 3.84. The van der Waals surface area contributed by atoms with Crippen molar-refractivity contribution in [3.8, 4) is 11.5 Å². The number of carbonyl (C=O) groups is 1. The first kappa shape index (κ1) is 16.8. The van der Waals surface area contributed by atoms with Gasteiger partial charge in [-0.1, -0.05) is 12.1 Å². The van der Waals surface area contributed by atoms with Crippen molar-refractivity contribution in [2.45, 2.75) is 6.92 Å². The van der Waals surface area contributed by atoms with E-state index >= 15 is 0 Å². The lowest BCUT2D eigenvalue weighted by atomic mass is 10.1. The normalized spacial score (nSPS) is 10.7. The Morgan fingerprint density at radius 3 is 2.56 bits per heavy atom. The lowest BCUT2D eigenvalue weighted by Crippen LogP contribution is -2.28. The predicted molar refractivity (Wildman–Crippen MR) is 91.7 cm³/mol. The van der Waals surface area contributed by atoms with E-state index in [-0.39, 0.29) is 11.3 Å². The van der Waals surface area contributed by atoms with Crippen molar-refractivity contribution >= 4 is 16.9 Å². The van der Waals surface area contributed by atoms with Crippen molar-refractivity contribution in [2.75, 3.05) is 20.3 Å². The Morgan fingerprint density at radius 2 is 1.88 bits per heavy atom. The molecule has 3 aromatic rings. The first-order valence-electron chi connectivity index (χ1n) is 7.83. The molecular weight excluding hydrogens is 325 g/mol. The molecule has 130 valence electrons. The number of benzene rings is 2. The smallest absolute Gasteiger partial charge is 0.287 e. The van der Waals surface area contributed by atoms with Gasteiger partial charge in [0.15, 0.2) is 17.2 Å². The highest BCUT2D eigenvalue weighted by atomic mass is 19.1. The van der Waals surface area contributed by atoms with Gasteiger partial charge >= 0.3 is 0 Å². The van der Waals surface area contributed by atoms with Crippen LogP contribution in [0, 0.1) is 12.7 Å². The minimum atomic E-state index is -0.484. The third kappa shape index (κ3) is 3.57. The topological polar surface area (TPSA) is 60.7 Å². The Hall–Kier alpha value is -3.02. The van der Waals surface area contributed by atoms with E-state index in [1.807, 2.05) is 0 Å². The van der Waals surface area contributed by atoms with Gasteiger partial charge in [-0.25, -0.2) is 4.39 Å². The highest BCUT2D eigenvalue weighted by molar-refractivity contribution is 5.98. The van der Waals surface area contributed by atoms with Crippen LogP contribution in [0.3, 0.4) is 0 Å². The van der Waals surface area contributed by atoms with E-state index in [9.17, 15) is 9.18 Å². The zero-order valence-electron chi connectivity index (χ0n) is 14.0. The molecule has 1 N–H and O–H groups in total. The number of furan rings is 1. The number of carbonyl (C=O) groups excluding carboxylic acids is 1. The highest BCUT2D eigenvalue weighted by Gasteiger charge is 2.19. The highest BCUT2D eigenvalue weighted by Crippen LogP contribution is 2.27. The van der Waals surface area contributed by atoms with Crippen LogP contribution in [0.5, 0.6) is 11.5 Å². The van der Waals surface area contributed by atoms with Gasteiger partial charge in [0.05, 0.1) is 13.7 Å². The molecule has 0 saturated carbocycles. The maximum Gasteiger partial charge on any atom is 0.287 e. The molecular formula is C19H18FNO4. The number of halogens is 1. The number of amides is 1. The number of para-hydroxylation sites is 1. The van der Waals surface area contributed by atoms with Gasteiger partial charge in [0, 0.05) is 10.9 Å². The molecule has 0 atom stereocenters. The molecule has 1 heterocycles. The van der Waals surface area contributed by atoms with Crippen LogP contribution >= 0.6 is 0 Å². The SMILES string of the molecule is COc1ccc(OCCNC(=O)c2oc3c(F)cccc3c2C)cc1. The number of methoxy groups -OCH3 is 1. The van der Waals surface area contributed by atoms with Crippen molar-refractivity contribution in [1.29, 1.82) is 0 Å². The molecule has 0 spiro atoms. The number of ether oxygens (including phenoxy) is 2. The number of aryl methyl sites for hydroxylation is 1. The van der Waals surface area contributed by atoms with Gasteiger partial charge in [0.2, 0.25) is 0 Å². The molecule has 0 radical (unpaired) electrons. The zero-order chi connectivity index (χ0) is 17.8. The summed E-state index contributed by atoms with van der Waals surface area (Å²) in [6.07, 6.45) is 0. The summed E-state index contributed by atoms with van der Waals surface area (Å²) in [5, 5.41) is 3.31. The Kier molecular flexibility index (Phi) is 4.88. The fourth-order valence-corrected chi connectivity index (χ4v) is 2.51. The zero-order valence-corrected chi connectivity index (χ0v) is 14.0. The molecule has 25 heavy (non-hydrogen) atoms. The van der Waals surface area contributed by atoms with E-state index in [2.05, 4.69) is 5.32 Å². The molecule has 6 heteroatoms. The molecule has 0 saturated heterocycles. The predicted octanol–water partition coefficient (Wildman–Crippen LogP) is 3.70. The van der Waals surface area contributed by atoms with E-state index in [1.54, 1.807) is 50.4 Å². The quantitative estimate of drug-likeness (QED) is 0.693. The summed E-state index contributed by atoms with van der Waals surface area (Å²) in [6, 6.07) is 11.8. The number of nitrogens with one attached hydrogen (secondary N) is 1. The largest absolute Gasteiger partial charge is 0.497 e. The summed E-state index contributed by atoms with van der Waals surface area (Å²) >= 11 is 0.